The van der Waals surface area contributed by atoms with E-state index in [1.807, 2.05) is 69.4 Å². The Morgan fingerprint density at radius 1 is 0.786 bits per heavy atom. The van der Waals surface area contributed by atoms with Gasteiger partial charge in [-0.05, 0) is 71.3 Å². The molecule has 0 aliphatic carbocycles. The first-order valence-electron chi connectivity index (χ1n) is 20.2. The van der Waals surface area contributed by atoms with Crippen molar-refractivity contribution in [3.05, 3.63) is 144 Å². The number of hydrogen-bond donors (Lipinski definition) is 0. The van der Waals surface area contributed by atoms with E-state index >= 15 is 0 Å². The van der Waals surface area contributed by atoms with Crippen LogP contribution in [0.1, 0.15) is 66.5 Å². The van der Waals surface area contributed by atoms with Gasteiger partial charge in [-0.1, -0.05) is 132 Å². The van der Waals surface area contributed by atoms with Crippen molar-refractivity contribution in [2.45, 2.75) is 86.8 Å². The van der Waals surface area contributed by atoms with Gasteiger partial charge in [0.2, 0.25) is 0 Å². The van der Waals surface area contributed by atoms with Crippen LogP contribution in [0, 0.1) is 31.4 Å². The van der Waals surface area contributed by atoms with E-state index in [-0.39, 0.29) is 25.5 Å². The Labute approximate surface area is 350 Å². The van der Waals surface area contributed by atoms with Crippen LogP contribution in [0.25, 0.3) is 61.3 Å². The van der Waals surface area contributed by atoms with Crippen molar-refractivity contribution in [1.82, 2.24) is 14.5 Å². The van der Waals surface area contributed by atoms with Crippen LogP contribution in [0.4, 0.5) is 0 Å². The number of rotatable bonds is 5. The van der Waals surface area contributed by atoms with E-state index in [2.05, 4.69) is 132 Å². The molecule has 8 rings (SSSR count). The molecule has 0 unspecified atom stereocenters. The molecule has 0 saturated carbocycles. The van der Waals surface area contributed by atoms with Crippen molar-refractivity contribution in [3.8, 4) is 28.3 Å². The van der Waals surface area contributed by atoms with Gasteiger partial charge in [0.15, 0.2) is 0 Å². The van der Waals surface area contributed by atoms with Crippen LogP contribution in [0.2, 0.25) is 19.6 Å². The molecule has 8 aromatic rings. The normalized spacial score (nSPS) is 12.9. The summed E-state index contributed by atoms with van der Waals surface area (Å²) < 4.78 is 26.3. The van der Waals surface area contributed by atoms with Gasteiger partial charge in [-0.15, -0.1) is 53.6 Å². The summed E-state index contributed by atoms with van der Waals surface area (Å²) in [6.07, 6.45) is 0.472. The van der Waals surface area contributed by atoms with Crippen LogP contribution in [0.5, 0.6) is 0 Å². The van der Waals surface area contributed by atoms with Gasteiger partial charge in [0, 0.05) is 40.1 Å². The molecule has 56 heavy (non-hydrogen) atoms. The number of imidazole rings is 1. The zero-order chi connectivity index (χ0) is 41.1. The van der Waals surface area contributed by atoms with Crippen molar-refractivity contribution in [2.75, 3.05) is 0 Å². The van der Waals surface area contributed by atoms with Crippen LogP contribution in [-0.4, -0.2) is 22.6 Å². The average Bonchev–Trinajstić information content (AvgIpc) is 3.73. The molecule has 3 aromatic heterocycles. The van der Waals surface area contributed by atoms with Crippen molar-refractivity contribution in [1.29, 1.82) is 0 Å². The summed E-state index contributed by atoms with van der Waals surface area (Å²) in [4.78, 5) is 9.77. The first-order valence-corrected chi connectivity index (χ1v) is 22.7. The summed E-state index contributed by atoms with van der Waals surface area (Å²) >= 11 is 0. The topological polar surface area (TPSA) is 43.9 Å². The van der Waals surface area contributed by atoms with E-state index in [4.69, 9.17) is 17.1 Å². The number of aryl methyl sites for hydroxylation is 2. The van der Waals surface area contributed by atoms with Crippen LogP contribution in [0.3, 0.4) is 0 Å². The molecular weight excluding hydrogens is 879 g/mol. The van der Waals surface area contributed by atoms with Gasteiger partial charge in [-0.2, -0.15) is 0 Å². The molecule has 5 aromatic carbocycles. The molecule has 0 atom stereocenters. The van der Waals surface area contributed by atoms with Gasteiger partial charge in [0.25, 0.3) is 0 Å². The maximum absolute atomic E-state index is 8.89. The molecule has 6 heteroatoms. The predicted molar refractivity (Wildman–Crippen MR) is 235 cm³/mol. The Morgan fingerprint density at radius 3 is 2.16 bits per heavy atom. The zero-order valence-corrected chi connectivity index (χ0v) is 37.9. The van der Waals surface area contributed by atoms with Crippen molar-refractivity contribution < 1.29 is 27.3 Å². The van der Waals surface area contributed by atoms with Gasteiger partial charge >= 0.3 is 0 Å². The van der Waals surface area contributed by atoms with Gasteiger partial charge in [0.1, 0.15) is 5.58 Å². The van der Waals surface area contributed by atoms with Gasteiger partial charge in [0.05, 0.1) is 30.5 Å². The quantitative estimate of drug-likeness (QED) is 0.128. The minimum absolute atomic E-state index is 0. The number of hydrogen-bond acceptors (Lipinski definition) is 3. The fraction of sp³-hybridized carbons (Fsp3) is 0.280. The van der Waals surface area contributed by atoms with Crippen molar-refractivity contribution in [2.24, 2.45) is 5.41 Å². The first kappa shape index (κ1) is 38.3. The Hall–Kier alpha value is -4.61. The van der Waals surface area contributed by atoms with Gasteiger partial charge in [-0.3, -0.25) is 4.98 Å². The number of para-hydroxylation sites is 4. The van der Waals surface area contributed by atoms with Gasteiger partial charge < -0.3 is 14.0 Å². The summed E-state index contributed by atoms with van der Waals surface area (Å²) in [7, 11) is -1.74. The molecule has 0 bridgehead atoms. The summed E-state index contributed by atoms with van der Waals surface area (Å²) in [6.45, 7) is 23.5. The zero-order valence-electron chi connectivity index (χ0n) is 36.5. The molecule has 0 fully saturated rings. The van der Waals surface area contributed by atoms with Crippen LogP contribution < -0.4 is 5.19 Å². The van der Waals surface area contributed by atoms with Crippen molar-refractivity contribution >= 4 is 46.2 Å². The summed E-state index contributed by atoms with van der Waals surface area (Å²) in [6, 6.07) is 41.7. The van der Waals surface area contributed by atoms with E-state index in [1.165, 1.54) is 16.7 Å². The number of furan rings is 1. The second-order valence-electron chi connectivity index (χ2n) is 17.7. The number of pyridine rings is 1. The van der Waals surface area contributed by atoms with Crippen LogP contribution in [0.15, 0.2) is 114 Å². The van der Waals surface area contributed by atoms with E-state index in [0.29, 0.717) is 0 Å². The molecule has 0 spiro atoms. The third kappa shape index (κ3) is 8.39. The molecule has 0 aliphatic heterocycles. The predicted octanol–water partition coefficient (Wildman–Crippen LogP) is 13.0. The fourth-order valence-electron chi connectivity index (χ4n) is 7.22. The second-order valence-corrected chi connectivity index (χ2v) is 22.7. The molecule has 0 amide bonds. The minimum atomic E-state index is -1.74. The number of nitrogens with zero attached hydrogens (tertiary/aromatic N) is 3. The van der Waals surface area contributed by atoms with Gasteiger partial charge in [-0.25, -0.2) is 0 Å². The van der Waals surface area contributed by atoms with Crippen LogP contribution >= 0.6 is 0 Å². The SMILES string of the molecule is Cc1cccc(C)c1-n1c(-c2[c-]ccc3c2oc2ccccc23)nc2ccccc21.[2H]C([2H])(c1cc(-c2[c-]ccc(C(C)(C)C)c2)ncc1[Si](C)(C)C)C(C)(C)C.[Ir]. The van der Waals surface area contributed by atoms with E-state index in [1.54, 1.807) is 0 Å². The number of aromatic nitrogens is 3. The molecule has 0 N–H and O–H groups in total. The molecular formula is C50H53IrN3OSi-2. The maximum Gasteiger partial charge on any atom is 0.120 e. The monoisotopic (exact) mass is 934 g/mol. The minimum Gasteiger partial charge on any atom is -0.501 e. The summed E-state index contributed by atoms with van der Waals surface area (Å²) in [5.41, 5.74) is 11.5. The number of fused-ring (bicyclic) bond motifs is 4. The molecule has 0 saturated heterocycles. The Kier molecular flexibility index (Phi) is 10.8. The molecule has 289 valence electrons. The standard InChI is InChI=1S/C27H19N2O.C23H34NSi.Ir/c1-17-9-7-10-18(2)25(17)29-23-15-5-4-14-22(23)28-27(29)21-13-8-12-20-19-11-3-6-16-24(19)30-26(20)21;1-22(2,3)15-18-14-20(24-16-21(18)25(7,8)9)17-11-10-12-19(13-17)23(4,5)6;/h3-12,14-16H,1-2H3;10,12-14,16H,15H2,1-9H3;/q2*-1;/i;15D2;. The van der Waals surface area contributed by atoms with E-state index < -0.39 is 19.9 Å². The third-order valence-corrected chi connectivity index (χ3v) is 12.0. The largest absolute Gasteiger partial charge is 0.501 e. The fourth-order valence-corrected chi connectivity index (χ4v) is 8.62. The first-order chi connectivity index (χ1) is 26.8. The molecule has 1 radical (unpaired) electrons. The summed E-state index contributed by atoms with van der Waals surface area (Å²) in [5, 5.41) is 3.29. The average molecular weight is 934 g/mol. The molecule has 4 nitrogen and oxygen atoms in total. The smallest absolute Gasteiger partial charge is 0.120 e. The molecule has 0 aliphatic rings. The van der Waals surface area contributed by atoms with Crippen LogP contribution in [-0.2, 0) is 31.9 Å². The van der Waals surface area contributed by atoms with E-state index in [9.17, 15) is 0 Å². The Balaban J connectivity index is 0.000000194. The Bertz CT molecular complexity index is 2740. The maximum atomic E-state index is 8.89. The third-order valence-electron chi connectivity index (χ3n) is 9.95. The Morgan fingerprint density at radius 2 is 1.46 bits per heavy atom. The summed E-state index contributed by atoms with van der Waals surface area (Å²) in [5.74, 6) is 0.846. The van der Waals surface area contributed by atoms with E-state index in [0.717, 1.165) is 72.1 Å². The second kappa shape index (κ2) is 15.7. The number of benzene rings is 5. The molecule has 3 heterocycles. The van der Waals surface area contributed by atoms with Crippen molar-refractivity contribution in [3.63, 3.8) is 0 Å².